The van der Waals surface area contributed by atoms with Gasteiger partial charge in [-0.3, -0.25) is 4.79 Å². The SMILES string of the molecule is O=C(O)c1ccc(F)cc1N1CCCC1=O. The van der Waals surface area contributed by atoms with Crippen molar-refractivity contribution in [1.29, 1.82) is 0 Å². The van der Waals surface area contributed by atoms with E-state index < -0.39 is 11.8 Å². The highest BCUT2D eigenvalue weighted by atomic mass is 19.1. The Morgan fingerprint density at radius 1 is 1.44 bits per heavy atom. The number of amides is 1. The highest BCUT2D eigenvalue weighted by Crippen LogP contribution is 2.26. The molecular formula is C11H10FNO3. The van der Waals surface area contributed by atoms with Crippen molar-refractivity contribution in [3.8, 4) is 0 Å². The molecule has 1 aromatic carbocycles. The number of nitrogens with zero attached hydrogens (tertiary/aromatic N) is 1. The third-order valence-electron chi connectivity index (χ3n) is 2.55. The molecule has 5 heteroatoms. The second kappa shape index (κ2) is 3.92. The summed E-state index contributed by atoms with van der Waals surface area (Å²) >= 11 is 0. The number of hydrogen-bond donors (Lipinski definition) is 1. The Kier molecular flexibility index (Phi) is 2.60. The summed E-state index contributed by atoms with van der Waals surface area (Å²) in [6.45, 7) is 0.447. The van der Waals surface area contributed by atoms with Gasteiger partial charge in [0.25, 0.3) is 0 Å². The van der Waals surface area contributed by atoms with E-state index in [4.69, 9.17) is 5.11 Å². The molecule has 16 heavy (non-hydrogen) atoms. The number of anilines is 1. The molecule has 1 aromatic rings. The molecule has 0 bridgehead atoms. The van der Waals surface area contributed by atoms with Crippen LogP contribution in [0.5, 0.6) is 0 Å². The predicted molar refractivity (Wildman–Crippen MR) is 54.9 cm³/mol. The largest absolute Gasteiger partial charge is 0.478 e. The average molecular weight is 223 g/mol. The first-order valence-electron chi connectivity index (χ1n) is 4.93. The smallest absolute Gasteiger partial charge is 0.337 e. The molecule has 0 spiro atoms. The van der Waals surface area contributed by atoms with Crippen molar-refractivity contribution in [3.05, 3.63) is 29.6 Å². The molecule has 1 saturated heterocycles. The van der Waals surface area contributed by atoms with Crippen LogP contribution in [-0.2, 0) is 4.79 Å². The predicted octanol–water partition coefficient (Wildman–Crippen LogP) is 1.65. The van der Waals surface area contributed by atoms with E-state index in [0.29, 0.717) is 19.4 Å². The van der Waals surface area contributed by atoms with Crippen LogP contribution in [0.4, 0.5) is 10.1 Å². The molecule has 0 saturated carbocycles. The Morgan fingerprint density at radius 3 is 2.75 bits per heavy atom. The number of hydrogen-bond acceptors (Lipinski definition) is 2. The van der Waals surface area contributed by atoms with E-state index in [1.54, 1.807) is 0 Å². The van der Waals surface area contributed by atoms with Crippen molar-refractivity contribution in [3.63, 3.8) is 0 Å². The quantitative estimate of drug-likeness (QED) is 0.829. The number of carbonyl (C=O) groups excluding carboxylic acids is 1. The number of aromatic carboxylic acids is 1. The zero-order valence-corrected chi connectivity index (χ0v) is 8.44. The Hall–Kier alpha value is -1.91. The summed E-state index contributed by atoms with van der Waals surface area (Å²) in [6, 6.07) is 3.35. The zero-order chi connectivity index (χ0) is 11.7. The molecule has 1 aliphatic heterocycles. The first-order chi connectivity index (χ1) is 7.59. The molecule has 0 unspecified atom stereocenters. The normalized spacial score (nSPS) is 15.6. The van der Waals surface area contributed by atoms with Crippen molar-refractivity contribution in [2.24, 2.45) is 0 Å². The van der Waals surface area contributed by atoms with Crippen molar-refractivity contribution in [2.75, 3.05) is 11.4 Å². The summed E-state index contributed by atoms with van der Waals surface area (Å²) in [5.74, 6) is -1.86. The summed E-state index contributed by atoms with van der Waals surface area (Å²) in [4.78, 5) is 23.7. The van der Waals surface area contributed by atoms with Gasteiger partial charge in [-0.1, -0.05) is 0 Å². The summed E-state index contributed by atoms with van der Waals surface area (Å²) < 4.78 is 13.1. The van der Waals surface area contributed by atoms with E-state index in [2.05, 4.69) is 0 Å². The second-order valence-electron chi connectivity index (χ2n) is 3.62. The second-order valence-corrected chi connectivity index (χ2v) is 3.62. The van der Waals surface area contributed by atoms with Gasteiger partial charge < -0.3 is 10.0 Å². The Bertz CT molecular complexity index is 459. The van der Waals surface area contributed by atoms with Gasteiger partial charge in [0.2, 0.25) is 5.91 Å². The van der Waals surface area contributed by atoms with Crippen LogP contribution in [-0.4, -0.2) is 23.5 Å². The van der Waals surface area contributed by atoms with Crippen LogP contribution in [0.25, 0.3) is 0 Å². The number of halogens is 1. The maximum absolute atomic E-state index is 13.1. The number of carboxylic acids is 1. The summed E-state index contributed by atoms with van der Waals surface area (Å²) in [7, 11) is 0. The maximum atomic E-state index is 13.1. The third kappa shape index (κ3) is 1.76. The summed E-state index contributed by atoms with van der Waals surface area (Å²) in [6.07, 6.45) is 1.06. The van der Waals surface area contributed by atoms with Crippen LogP contribution in [0.2, 0.25) is 0 Å². The highest BCUT2D eigenvalue weighted by Gasteiger charge is 2.26. The van der Waals surface area contributed by atoms with Crippen LogP contribution in [0.1, 0.15) is 23.2 Å². The van der Waals surface area contributed by atoms with Gasteiger partial charge in [-0.15, -0.1) is 0 Å². The minimum atomic E-state index is -1.16. The first kappa shape index (κ1) is 10.6. The molecule has 1 amide bonds. The highest BCUT2D eigenvalue weighted by molar-refractivity contribution is 6.02. The van der Waals surface area contributed by atoms with Crippen LogP contribution in [0.15, 0.2) is 18.2 Å². The minimum absolute atomic E-state index is 0.0448. The summed E-state index contributed by atoms with van der Waals surface area (Å²) in [5.41, 5.74) is 0.103. The number of carbonyl (C=O) groups is 2. The molecule has 1 heterocycles. The maximum Gasteiger partial charge on any atom is 0.337 e. The van der Waals surface area contributed by atoms with Crippen LogP contribution >= 0.6 is 0 Å². The molecular weight excluding hydrogens is 213 g/mol. The van der Waals surface area contributed by atoms with E-state index >= 15 is 0 Å². The standard InChI is InChI=1S/C11H10FNO3/c12-7-3-4-8(11(15)16)9(6-7)13-5-1-2-10(13)14/h3-4,6H,1-2,5H2,(H,15,16). The van der Waals surface area contributed by atoms with Crippen LogP contribution in [0.3, 0.4) is 0 Å². The fourth-order valence-electron chi connectivity index (χ4n) is 1.81. The van der Waals surface area contributed by atoms with E-state index in [1.807, 2.05) is 0 Å². The molecule has 2 rings (SSSR count). The average Bonchev–Trinajstić information content (AvgIpc) is 2.63. The molecule has 0 atom stereocenters. The fraction of sp³-hybridized carbons (Fsp3) is 0.273. The topological polar surface area (TPSA) is 57.6 Å². The van der Waals surface area contributed by atoms with Gasteiger partial charge >= 0.3 is 5.97 Å². The first-order valence-corrected chi connectivity index (χ1v) is 4.93. The van der Waals surface area contributed by atoms with Crippen LogP contribution < -0.4 is 4.90 Å². The molecule has 0 radical (unpaired) electrons. The van der Waals surface area contributed by atoms with Crippen molar-refractivity contribution < 1.29 is 19.1 Å². The van der Waals surface area contributed by atoms with E-state index in [-0.39, 0.29) is 17.2 Å². The molecule has 0 aromatic heterocycles. The van der Waals surface area contributed by atoms with Gasteiger partial charge in [-0.2, -0.15) is 0 Å². The molecule has 0 aliphatic carbocycles. The lowest BCUT2D eigenvalue weighted by molar-refractivity contribution is -0.117. The van der Waals surface area contributed by atoms with Gasteiger partial charge in [0.05, 0.1) is 11.3 Å². The van der Waals surface area contributed by atoms with E-state index in [0.717, 1.165) is 12.1 Å². The van der Waals surface area contributed by atoms with Crippen molar-refractivity contribution in [1.82, 2.24) is 0 Å². The third-order valence-corrected chi connectivity index (χ3v) is 2.55. The molecule has 1 N–H and O–H groups in total. The molecule has 1 fully saturated rings. The lowest BCUT2D eigenvalue weighted by Crippen LogP contribution is -2.25. The summed E-state index contributed by atoms with van der Waals surface area (Å²) in [5, 5.41) is 8.94. The Morgan fingerprint density at radius 2 is 2.19 bits per heavy atom. The van der Waals surface area contributed by atoms with Crippen LogP contribution in [0, 0.1) is 5.82 Å². The Balaban J connectivity index is 2.48. The van der Waals surface area contributed by atoms with E-state index in [9.17, 15) is 14.0 Å². The van der Waals surface area contributed by atoms with Gasteiger partial charge in [0.1, 0.15) is 5.82 Å². The number of rotatable bonds is 2. The lowest BCUT2D eigenvalue weighted by Gasteiger charge is -2.17. The van der Waals surface area contributed by atoms with Crippen molar-refractivity contribution >= 4 is 17.6 Å². The molecule has 84 valence electrons. The van der Waals surface area contributed by atoms with Crippen molar-refractivity contribution in [2.45, 2.75) is 12.8 Å². The minimum Gasteiger partial charge on any atom is -0.478 e. The van der Waals surface area contributed by atoms with Gasteiger partial charge in [-0.25, -0.2) is 9.18 Å². The molecule has 1 aliphatic rings. The fourth-order valence-corrected chi connectivity index (χ4v) is 1.81. The van der Waals surface area contributed by atoms with Gasteiger partial charge in [-0.05, 0) is 24.6 Å². The lowest BCUT2D eigenvalue weighted by atomic mass is 10.1. The molecule has 4 nitrogen and oxygen atoms in total. The van der Waals surface area contributed by atoms with Gasteiger partial charge in [0.15, 0.2) is 0 Å². The number of carboxylic acid groups (broad SMARTS) is 1. The van der Waals surface area contributed by atoms with Gasteiger partial charge in [0, 0.05) is 13.0 Å². The van der Waals surface area contributed by atoms with E-state index in [1.165, 1.54) is 11.0 Å². The number of benzene rings is 1. The zero-order valence-electron chi connectivity index (χ0n) is 8.44. The Labute approximate surface area is 91.3 Å². The monoisotopic (exact) mass is 223 g/mol.